The zero-order chi connectivity index (χ0) is 11.4. The van der Waals surface area contributed by atoms with Crippen LogP contribution in [0.1, 0.15) is 11.3 Å². The van der Waals surface area contributed by atoms with Crippen LogP contribution in [-0.4, -0.2) is 4.98 Å². The third-order valence-electron chi connectivity index (χ3n) is 2.30. The highest BCUT2D eigenvalue weighted by molar-refractivity contribution is 5.18. The number of H-pyrrole nitrogens is 1. The van der Waals surface area contributed by atoms with Crippen molar-refractivity contribution in [2.45, 2.75) is 13.1 Å². The van der Waals surface area contributed by atoms with Gasteiger partial charge in [0, 0.05) is 30.5 Å². The number of nitrogens with one attached hydrogen (secondary N) is 2. The molecule has 0 bridgehead atoms. The lowest BCUT2D eigenvalue weighted by molar-refractivity contribution is 0.567. The Morgan fingerprint density at radius 1 is 1.12 bits per heavy atom. The molecule has 0 aliphatic heterocycles. The van der Waals surface area contributed by atoms with Gasteiger partial charge in [-0.25, -0.2) is 8.78 Å². The third-order valence-corrected chi connectivity index (χ3v) is 2.30. The first-order valence-electron chi connectivity index (χ1n) is 5.02. The van der Waals surface area contributed by atoms with Gasteiger partial charge in [-0.3, -0.25) is 0 Å². The van der Waals surface area contributed by atoms with Crippen LogP contribution in [0.4, 0.5) is 8.78 Å². The van der Waals surface area contributed by atoms with Gasteiger partial charge in [-0.1, -0.05) is 0 Å². The number of benzene rings is 1. The molecule has 0 amide bonds. The molecule has 2 nitrogen and oxygen atoms in total. The van der Waals surface area contributed by atoms with E-state index in [1.807, 2.05) is 18.3 Å². The summed E-state index contributed by atoms with van der Waals surface area (Å²) in [5.41, 5.74) is 1.35. The van der Waals surface area contributed by atoms with Crippen LogP contribution in [0.3, 0.4) is 0 Å². The number of hydrogen-bond donors (Lipinski definition) is 2. The van der Waals surface area contributed by atoms with E-state index in [0.717, 1.165) is 17.8 Å². The quantitative estimate of drug-likeness (QED) is 0.817. The molecule has 2 N–H and O–H groups in total. The van der Waals surface area contributed by atoms with Gasteiger partial charge >= 0.3 is 0 Å². The minimum atomic E-state index is -0.418. The Kier molecular flexibility index (Phi) is 3.31. The first-order chi connectivity index (χ1) is 7.75. The van der Waals surface area contributed by atoms with Crippen molar-refractivity contribution in [3.05, 3.63) is 59.4 Å². The zero-order valence-corrected chi connectivity index (χ0v) is 8.63. The van der Waals surface area contributed by atoms with E-state index in [2.05, 4.69) is 10.3 Å². The van der Waals surface area contributed by atoms with Gasteiger partial charge in [-0.05, 0) is 30.3 Å². The fourth-order valence-corrected chi connectivity index (χ4v) is 1.49. The number of aromatic nitrogens is 1. The van der Waals surface area contributed by atoms with Gasteiger partial charge in [-0.15, -0.1) is 0 Å². The van der Waals surface area contributed by atoms with Gasteiger partial charge in [0.25, 0.3) is 0 Å². The van der Waals surface area contributed by atoms with Gasteiger partial charge in [0.2, 0.25) is 0 Å². The maximum atomic E-state index is 13.2. The maximum absolute atomic E-state index is 13.2. The lowest BCUT2D eigenvalue weighted by atomic mass is 10.2. The van der Waals surface area contributed by atoms with E-state index < -0.39 is 5.82 Å². The average molecular weight is 222 g/mol. The van der Waals surface area contributed by atoms with Crippen LogP contribution in [0, 0.1) is 11.6 Å². The minimum Gasteiger partial charge on any atom is -0.364 e. The third kappa shape index (κ3) is 2.67. The summed E-state index contributed by atoms with van der Waals surface area (Å²) in [6.07, 6.45) is 1.82. The van der Waals surface area contributed by atoms with Crippen molar-refractivity contribution in [2.75, 3.05) is 0 Å². The first kappa shape index (κ1) is 10.8. The molecule has 0 radical (unpaired) electrons. The SMILES string of the molecule is Fc1ccc(F)c(CNCc2ccc[nH]2)c1. The Morgan fingerprint density at radius 2 is 2.00 bits per heavy atom. The highest BCUT2D eigenvalue weighted by Crippen LogP contribution is 2.09. The standard InChI is InChI=1S/C12H12F2N2/c13-10-3-4-12(14)9(6-10)7-15-8-11-2-1-5-16-11/h1-6,15-16H,7-8H2. The molecule has 0 spiro atoms. The van der Waals surface area contributed by atoms with Crippen molar-refractivity contribution in [2.24, 2.45) is 0 Å². The van der Waals surface area contributed by atoms with Gasteiger partial charge in [0.05, 0.1) is 0 Å². The van der Waals surface area contributed by atoms with E-state index in [4.69, 9.17) is 0 Å². The Labute approximate surface area is 92.3 Å². The van der Waals surface area contributed by atoms with E-state index >= 15 is 0 Å². The molecule has 4 heteroatoms. The molecule has 0 saturated heterocycles. The van der Waals surface area contributed by atoms with E-state index in [1.165, 1.54) is 6.07 Å². The molecule has 84 valence electrons. The Bertz CT molecular complexity index is 452. The van der Waals surface area contributed by atoms with Crippen LogP contribution in [0.2, 0.25) is 0 Å². The molecule has 1 aromatic carbocycles. The molecule has 1 aromatic heterocycles. The lowest BCUT2D eigenvalue weighted by Crippen LogP contribution is -2.14. The van der Waals surface area contributed by atoms with Crippen molar-refractivity contribution >= 4 is 0 Å². The second-order valence-corrected chi connectivity index (χ2v) is 3.53. The zero-order valence-electron chi connectivity index (χ0n) is 8.63. The molecule has 0 aliphatic carbocycles. The summed E-state index contributed by atoms with van der Waals surface area (Å²) in [5, 5.41) is 3.03. The van der Waals surface area contributed by atoms with Crippen molar-refractivity contribution in [1.29, 1.82) is 0 Å². The second-order valence-electron chi connectivity index (χ2n) is 3.53. The van der Waals surface area contributed by atoms with Crippen LogP contribution in [-0.2, 0) is 13.1 Å². The Balaban J connectivity index is 1.92. The Hall–Kier alpha value is -1.68. The molecule has 0 unspecified atom stereocenters. The van der Waals surface area contributed by atoms with Crippen LogP contribution in [0.25, 0.3) is 0 Å². The van der Waals surface area contributed by atoms with Crippen LogP contribution in [0.15, 0.2) is 36.5 Å². The lowest BCUT2D eigenvalue weighted by Gasteiger charge is -2.05. The first-order valence-corrected chi connectivity index (χ1v) is 5.02. The fourth-order valence-electron chi connectivity index (χ4n) is 1.49. The maximum Gasteiger partial charge on any atom is 0.127 e. The molecule has 0 fully saturated rings. The Morgan fingerprint density at radius 3 is 2.75 bits per heavy atom. The van der Waals surface area contributed by atoms with E-state index in [9.17, 15) is 8.78 Å². The highest BCUT2D eigenvalue weighted by Gasteiger charge is 2.03. The average Bonchev–Trinajstić information content (AvgIpc) is 2.76. The normalized spacial score (nSPS) is 10.6. The van der Waals surface area contributed by atoms with Crippen molar-refractivity contribution in [3.8, 4) is 0 Å². The van der Waals surface area contributed by atoms with Crippen molar-refractivity contribution < 1.29 is 8.78 Å². The minimum absolute atomic E-state index is 0.308. The highest BCUT2D eigenvalue weighted by atomic mass is 19.1. The summed E-state index contributed by atoms with van der Waals surface area (Å²) in [4.78, 5) is 3.02. The summed E-state index contributed by atoms with van der Waals surface area (Å²) >= 11 is 0. The van der Waals surface area contributed by atoms with E-state index in [1.54, 1.807) is 0 Å². The van der Waals surface area contributed by atoms with Crippen LogP contribution >= 0.6 is 0 Å². The molecule has 1 heterocycles. The number of hydrogen-bond acceptors (Lipinski definition) is 1. The van der Waals surface area contributed by atoms with Gasteiger partial charge < -0.3 is 10.3 Å². The topological polar surface area (TPSA) is 27.8 Å². The summed E-state index contributed by atoms with van der Waals surface area (Å²) < 4.78 is 26.1. The predicted octanol–water partition coefficient (Wildman–Crippen LogP) is 2.58. The summed E-state index contributed by atoms with van der Waals surface area (Å²) in [6, 6.07) is 7.27. The van der Waals surface area contributed by atoms with Crippen LogP contribution in [0.5, 0.6) is 0 Å². The molecular weight excluding hydrogens is 210 g/mol. The van der Waals surface area contributed by atoms with Gasteiger partial charge in [0.15, 0.2) is 0 Å². The molecule has 0 atom stereocenters. The summed E-state index contributed by atoms with van der Waals surface area (Å²) in [5.74, 6) is -0.807. The van der Waals surface area contributed by atoms with Crippen LogP contribution < -0.4 is 5.32 Å². The molecule has 0 saturated carbocycles. The smallest absolute Gasteiger partial charge is 0.127 e. The molecule has 2 aromatic rings. The predicted molar refractivity (Wildman–Crippen MR) is 57.7 cm³/mol. The van der Waals surface area contributed by atoms with Crippen molar-refractivity contribution in [3.63, 3.8) is 0 Å². The van der Waals surface area contributed by atoms with Crippen molar-refractivity contribution in [1.82, 2.24) is 10.3 Å². The second kappa shape index (κ2) is 4.90. The van der Waals surface area contributed by atoms with E-state index in [0.29, 0.717) is 18.7 Å². The molecule has 16 heavy (non-hydrogen) atoms. The number of halogens is 2. The largest absolute Gasteiger partial charge is 0.364 e. The molecule has 0 aliphatic rings. The molecular formula is C12H12F2N2. The van der Waals surface area contributed by atoms with Gasteiger partial charge in [-0.2, -0.15) is 0 Å². The van der Waals surface area contributed by atoms with E-state index in [-0.39, 0.29) is 5.82 Å². The molecule has 2 rings (SSSR count). The number of rotatable bonds is 4. The summed E-state index contributed by atoms with van der Waals surface area (Å²) in [6.45, 7) is 0.908. The summed E-state index contributed by atoms with van der Waals surface area (Å²) in [7, 11) is 0. The van der Waals surface area contributed by atoms with Gasteiger partial charge in [0.1, 0.15) is 11.6 Å². The fraction of sp³-hybridized carbons (Fsp3) is 0.167. The number of aromatic amines is 1. The monoisotopic (exact) mass is 222 g/mol.